The van der Waals surface area contributed by atoms with Crippen molar-refractivity contribution in [3.63, 3.8) is 0 Å². The molecule has 0 aliphatic rings. The molecule has 0 atom stereocenters. The van der Waals surface area contributed by atoms with E-state index in [0.717, 1.165) is 11.8 Å². The summed E-state index contributed by atoms with van der Waals surface area (Å²) in [5.41, 5.74) is 0.952. The van der Waals surface area contributed by atoms with Crippen molar-refractivity contribution in [3.05, 3.63) is 59.1 Å². The van der Waals surface area contributed by atoms with Crippen molar-refractivity contribution in [2.24, 2.45) is 7.05 Å². The number of hydrogen-bond donors (Lipinski definition) is 2. The number of rotatable bonds is 8. The van der Waals surface area contributed by atoms with Gasteiger partial charge in [-0.1, -0.05) is 35.5 Å². The monoisotopic (exact) mass is 463 g/mol. The van der Waals surface area contributed by atoms with E-state index in [1.165, 1.54) is 25.3 Å². The fourth-order valence-electron chi connectivity index (χ4n) is 2.61. The van der Waals surface area contributed by atoms with Gasteiger partial charge in [-0.3, -0.25) is 9.59 Å². The molecule has 3 rings (SSSR count). The van der Waals surface area contributed by atoms with Gasteiger partial charge in [-0.2, -0.15) is 0 Å². The maximum Gasteiger partial charge on any atom is 0.234 e. The summed E-state index contributed by atoms with van der Waals surface area (Å²) >= 11 is 6.87. The summed E-state index contributed by atoms with van der Waals surface area (Å²) in [6, 6.07) is 11.0. The maximum absolute atomic E-state index is 13.2. The summed E-state index contributed by atoms with van der Waals surface area (Å²) < 4.78 is 20.1. The fraction of sp³-hybridized carbons (Fsp3) is 0.200. The minimum absolute atomic E-state index is 0.00236. The molecule has 1 aromatic heterocycles. The third-order valence-corrected chi connectivity index (χ3v) is 5.47. The van der Waals surface area contributed by atoms with Crippen LogP contribution in [0.3, 0.4) is 0 Å². The van der Waals surface area contributed by atoms with Crippen LogP contribution >= 0.6 is 23.4 Å². The predicted octanol–water partition coefficient (Wildman–Crippen LogP) is 3.53. The Balaban J connectivity index is 1.55. The number of carbonyl (C=O) groups excluding carboxylic acids is 2. The van der Waals surface area contributed by atoms with E-state index in [2.05, 4.69) is 20.8 Å². The Bertz CT molecular complexity index is 1110. The summed E-state index contributed by atoms with van der Waals surface area (Å²) in [5, 5.41) is 13.9. The molecule has 2 N–H and O–H groups in total. The molecule has 2 aromatic carbocycles. The van der Waals surface area contributed by atoms with E-state index in [1.54, 1.807) is 29.8 Å². The van der Waals surface area contributed by atoms with E-state index in [-0.39, 0.29) is 29.0 Å². The lowest BCUT2D eigenvalue weighted by Crippen LogP contribution is -2.17. The molecular formula is C20H19ClFN5O3S. The van der Waals surface area contributed by atoms with Crippen molar-refractivity contribution in [3.8, 4) is 5.75 Å². The van der Waals surface area contributed by atoms with Crippen LogP contribution < -0.4 is 15.4 Å². The van der Waals surface area contributed by atoms with Gasteiger partial charge in [0.15, 0.2) is 5.16 Å². The Labute approximate surface area is 187 Å². The van der Waals surface area contributed by atoms with Crippen molar-refractivity contribution >= 4 is 46.6 Å². The standard InChI is InChI=1S/C20H19ClFN5O3S/c1-27-17(10-18(28)24-15-5-3-4-6-16(15)30-2)25-26-20(27)31-11-19(29)23-12-7-8-14(22)13(21)9-12/h3-9H,10-11H2,1-2H3,(H,23,29)(H,24,28). The second-order valence-corrected chi connectivity index (χ2v) is 7.70. The summed E-state index contributed by atoms with van der Waals surface area (Å²) in [4.78, 5) is 24.5. The second-order valence-electron chi connectivity index (χ2n) is 6.35. The summed E-state index contributed by atoms with van der Waals surface area (Å²) in [5.74, 6) is -0.0999. The van der Waals surface area contributed by atoms with Gasteiger partial charge in [0.05, 0.1) is 30.0 Å². The predicted molar refractivity (Wildman–Crippen MR) is 117 cm³/mol. The number of nitrogens with zero attached hydrogens (tertiary/aromatic N) is 3. The molecular weight excluding hydrogens is 445 g/mol. The molecule has 1 heterocycles. The van der Waals surface area contributed by atoms with Crippen molar-refractivity contribution in [2.75, 3.05) is 23.5 Å². The molecule has 0 aliphatic carbocycles. The van der Waals surface area contributed by atoms with Crippen molar-refractivity contribution in [1.82, 2.24) is 14.8 Å². The van der Waals surface area contributed by atoms with Crippen molar-refractivity contribution in [1.29, 1.82) is 0 Å². The Kier molecular flexibility index (Phi) is 7.48. The maximum atomic E-state index is 13.2. The summed E-state index contributed by atoms with van der Waals surface area (Å²) in [7, 11) is 3.24. The van der Waals surface area contributed by atoms with Crippen molar-refractivity contribution < 1.29 is 18.7 Å². The fourth-order valence-corrected chi connectivity index (χ4v) is 3.52. The van der Waals surface area contributed by atoms with Crippen molar-refractivity contribution in [2.45, 2.75) is 11.6 Å². The normalized spacial score (nSPS) is 10.6. The Hall–Kier alpha value is -3.11. The molecule has 0 bridgehead atoms. The van der Waals surface area contributed by atoms with Crippen LogP contribution in [0.5, 0.6) is 5.75 Å². The zero-order chi connectivity index (χ0) is 22.4. The zero-order valence-electron chi connectivity index (χ0n) is 16.7. The molecule has 2 amide bonds. The van der Waals surface area contributed by atoms with Crippen LogP contribution in [0.2, 0.25) is 5.02 Å². The second kappa shape index (κ2) is 10.3. The summed E-state index contributed by atoms with van der Waals surface area (Å²) in [6.45, 7) is 0. The Morgan fingerprint density at radius 1 is 1.16 bits per heavy atom. The first-order valence-corrected chi connectivity index (χ1v) is 10.4. The minimum atomic E-state index is -0.560. The number of benzene rings is 2. The number of nitrogens with one attached hydrogen (secondary N) is 2. The number of anilines is 2. The van der Waals surface area contributed by atoms with Gasteiger partial charge in [-0.25, -0.2) is 4.39 Å². The highest BCUT2D eigenvalue weighted by molar-refractivity contribution is 7.99. The molecule has 0 spiro atoms. The van der Waals surface area contributed by atoms with Gasteiger partial charge in [0, 0.05) is 12.7 Å². The van der Waals surface area contributed by atoms with E-state index in [4.69, 9.17) is 16.3 Å². The number of halogens is 2. The van der Waals surface area contributed by atoms with Gasteiger partial charge >= 0.3 is 0 Å². The molecule has 8 nitrogen and oxygen atoms in total. The highest BCUT2D eigenvalue weighted by atomic mass is 35.5. The van der Waals surface area contributed by atoms with Gasteiger partial charge in [0.1, 0.15) is 17.4 Å². The van der Waals surface area contributed by atoms with Crippen LogP contribution in [0.25, 0.3) is 0 Å². The van der Waals surface area contributed by atoms with Gasteiger partial charge in [-0.05, 0) is 30.3 Å². The lowest BCUT2D eigenvalue weighted by molar-refractivity contribution is -0.116. The van der Waals surface area contributed by atoms with E-state index in [9.17, 15) is 14.0 Å². The highest BCUT2D eigenvalue weighted by Crippen LogP contribution is 2.24. The topological polar surface area (TPSA) is 98.1 Å². The molecule has 0 unspecified atom stereocenters. The number of aromatic nitrogens is 3. The highest BCUT2D eigenvalue weighted by Gasteiger charge is 2.16. The third-order valence-electron chi connectivity index (χ3n) is 4.16. The average molecular weight is 464 g/mol. The van der Waals surface area contributed by atoms with Crippen LogP contribution in [0.15, 0.2) is 47.6 Å². The van der Waals surface area contributed by atoms with Gasteiger partial charge in [-0.15, -0.1) is 10.2 Å². The lowest BCUT2D eigenvalue weighted by Gasteiger charge is -2.09. The number of carbonyl (C=O) groups is 2. The van der Waals surface area contributed by atoms with E-state index in [0.29, 0.717) is 28.1 Å². The first kappa shape index (κ1) is 22.6. The first-order chi connectivity index (χ1) is 14.9. The van der Waals surface area contributed by atoms with Crippen LogP contribution in [0.4, 0.5) is 15.8 Å². The molecule has 0 saturated carbocycles. The molecule has 0 radical (unpaired) electrons. The van der Waals surface area contributed by atoms with E-state index < -0.39 is 5.82 Å². The molecule has 31 heavy (non-hydrogen) atoms. The number of para-hydroxylation sites is 2. The van der Waals surface area contributed by atoms with E-state index >= 15 is 0 Å². The van der Waals surface area contributed by atoms with Gasteiger partial charge < -0.3 is 19.9 Å². The van der Waals surface area contributed by atoms with Crippen LogP contribution in [0, 0.1) is 5.82 Å². The molecule has 0 fully saturated rings. The largest absolute Gasteiger partial charge is 0.495 e. The Morgan fingerprint density at radius 2 is 1.94 bits per heavy atom. The molecule has 3 aromatic rings. The quantitative estimate of drug-likeness (QED) is 0.496. The number of amides is 2. The SMILES string of the molecule is COc1ccccc1NC(=O)Cc1nnc(SCC(=O)Nc2ccc(F)c(Cl)c2)n1C. The smallest absolute Gasteiger partial charge is 0.234 e. The minimum Gasteiger partial charge on any atom is -0.495 e. The molecule has 0 aliphatic heterocycles. The lowest BCUT2D eigenvalue weighted by atomic mass is 10.2. The van der Waals surface area contributed by atoms with Gasteiger partial charge in [0.2, 0.25) is 11.8 Å². The Morgan fingerprint density at radius 3 is 2.68 bits per heavy atom. The zero-order valence-corrected chi connectivity index (χ0v) is 18.3. The average Bonchev–Trinajstić information content (AvgIpc) is 3.09. The molecule has 11 heteroatoms. The van der Waals surface area contributed by atoms with Crippen LogP contribution in [0.1, 0.15) is 5.82 Å². The number of methoxy groups -OCH3 is 1. The first-order valence-electron chi connectivity index (χ1n) is 9.06. The van der Waals surface area contributed by atoms with E-state index in [1.807, 2.05) is 6.07 Å². The number of ether oxygens (including phenoxy) is 1. The van der Waals surface area contributed by atoms with Crippen LogP contribution in [-0.2, 0) is 23.1 Å². The van der Waals surface area contributed by atoms with Crippen LogP contribution in [-0.4, -0.2) is 39.4 Å². The number of hydrogen-bond acceptors (Lipinski definition) is 6. The third kappa shape index (κ3) is 5.96. The molecule has 162 valence electrons. The summed E-state index contributed by atoms with van der Waals surface area (Å²) in [6.07, 6.45) is 0.00236. The molecule has 0 saturated heterocycles. The number of thioether (sulfide) groups is 1. The van der Waals surface area contributed by atoms with Gasteiger partial charge in [0.25, 0.3) is 0 Å².